The predicted molar refractivity (Wildman–Crippen MR) is 72.3 cm³/mol. The van der Waals surface area contributed by atoms with Gasteiger partial charge in [-0.15, -0.1) is 0 Å². The Kier molecular flexibility index (Phi) is 3.74. The number of anilines is 1. The van der Waals surface area contributed by atoms with Crippen LogP contribution in [-0.2, 0) is 4.79 Å². The van der Waals surface area contributed by atoms with E-state index in [0.717, 1.165) is 24.1 Å². The summed E-state index contributed by atoms with van der Waals surface area (Å²) < 4.78 is 0. The molecule has 0 aromatic heterocycles. The Morgan fingerprint density at radius 2 is 1.84 bits per heavy atom. The minimum Gasteiger partial charge on any atom is -0.480 e. The Balaban J connectivity index is 2.12. The first kappa shape index (κ1) is 13.4. The maximum Gasteiger partial charge on any atom is 0.324 e. The first-order chi connectivity index (χ1) is 8.99. The van der Waals surface area contributed by atoms with Crippen LogP contribution in [-0.4, -0.2) is 41.6 Å². The highest BCUT2D eigenvalue weighted by Crippen LogP contribution is 2.28. The molecule has 0 unspecified atom stereocenters. The summed E-state index contributed by atoms with van der Waals surface area (Å²) in [6, 6.07) is 7.40. The number of amides is 2. The van der Waals surface area contributed by atoms with E-state index in [-0.39, 0.29) is 18.6 Å². The monoisotopic (exact) mass is 262 g/mol. The summed E-state index contributed by atoms with van der Waals surface area (Å²) >= 11 is 0. The smallest absolute Gasteiger partial charge is 0.324 e. The van der Waals surface area contributed by atoms with Gasteiger partial charge in [-0.25, -0.2) is 4.79 Å². The number of carboxylic acid groups (broad SMARTS) is 1. The molecule has 1 aromatic carbocycles. The Bertz CT molecular complexity index is 480. The van der Waals surface area contributed by atoms with Gasteiger partial charge >= 0.3 is 12.0 Å². The van der Waals surface area contributed by atoms with Gasteiger partial charge in [0.1, 0.15) is 6.54 Å². The van der Waals surface area contributed by atoms with Crippen LogP contribution in [0.1, 0.15) is 18.4 Å². The average molecular weight is 262 g/mol. The summed E-state index contributed by atoms with van der Waals surface area (Å²) in [7, 11) is 1.67. The molecule has 0 heterocycles. The summed E-state index contributed by atoms with van der Waals surface area (Å²) in [5.41, 5.74) is 1.89. The molecule has 19 heavy (non-hydrogen) atoms. The molecule has 2 rings (SSSR count). The van der Waals surface area contributed by atoms with Crippen LogP contribution < -0.4 is 4.90 Å². The maximum atomic E-state index is 12.3. The first-order valence-corrected chi connectivity index (χ1v) is 6.32. The summed E-state index contributed by atoms with van der Waals surface area (Å²) in [6.07, 6.45) is 1.78. The molecule has 0 spiro atoms. The summed E-state index contributed by atoms with van der Waals surface area (Å²) in [4.78, 5) is 26.1. The van der Waals surface area contributed by atoms with Crippen LogP contribution in [0.25, 0.3) is 0 Å². The zero-order valence-corrected chi connectivity index (χ0v) is 11.2. The number of nitrogens with zero attached hydrogens (tertiary/aromatic N) is 2. The van der Waals surface area contributed by atoms with Crippen LogP contribution >= 0.6 is 0 Å². The van der Waals surface area contributed by atoms with E-state index in [2.05, 4.69) is 0 Å². The third kappa shape index (κ3) is 3.24. The van der Waals surface area contributed by atoms with Crippen molar-refractivity contribution in [2.75, 3.05) is 18.5 Å². The fraction of sp³-hybridized carbons (Fsp3) is 0.429. The predicted octanol–water partition coefficient (Wildman–Crippen LogP) is 2.10. The van der Waals surface area contributed by atoms with Crippen molar-refractivity contribution in [2.24, 2.45) is 0 Å². The van der Waals surface area contributed by atoms with Crippen molar-refractivity contribution in [1.29, 1.82) is 0 Å². The molecule has 0 bridgehead atoms. The fourth-order valence-corrected chi connectivity index (χ4v) is 1.96. The van der Waals surface area contributed by atoms with Gasteiger partial charge in [-0.05, 0) is 31.9 Å². The van der Waals surface area contributed by atoms with Gasteiger partial charge in [0.05, 0.1) is 0 Å². The summed E-state index contributed by atoms with van der Waals surface area (Å²) in [5.74, 6) is -0.974. The molecule has 1 fully saturated rings. The number of hydrogen-bond acceptors (Lipinski definition) is 2. The average Bonchev–Trinajstić information content (AvgIpc) is 3.19. The van der Waals surface area contributed by atoms with Crippen LogP contribution in [0.2, 0.25) is 0 Å². The molecule has 5 heteroatoms. The SMILES string of the molecule is Cc1ccc(N(C)C(=O)N(CC(=O)O)C2CC2)cc1. The van der Waals surface area contributed by atoms with Crippen molar-refractivity contribution in [3.8, 4) is 0 Å². The normalized spacial score (nSPS) is 14.0. The van der Waals surface area contributed by atoms with Gasteiger partial charge in [-0.1, -0.05) is 17.7 Å². The Hall–Kier alpha value is -2.04. The van der Waals surface area contributed by atoms with Crippen molar-refractivity contribution in [3.63, 3.8) is 0 Å². The number of aryl methyl sites for hydroxylation is 1. The lowest BCUT2D eigenvalue weighted by Gasteiger charge is -2.27. The van der Waals surface area contributed by atoms with Crippen molar-refractivity contribution in [1.82, 2.24) is 4.90 Å². The number of carbonyl (C=O) groups excluding carboxylic acids is 1. The van der Waals surface area contributed by atoms with Crippen LogP contribution in [0.15, 0.2) is 24.3 Å². The van der Waals surface area contributed by atoms with Crippen molar-refractivity contribution < 1.29 is 14.7 Å². The molecule has 1 saturated carbocycles. The molecule has 0 radical (unpaired) electrons. The zero-order chi connectivity index (χ0) is 14.0. The molecule has 0 aliphatic heterocycles. The summed E-state index contributed by atoms with van der Waals surface area (Å²) in [5, 5.41) is 8.89. The minimum atomic E-state index is -0.974. The van der Waals surface area contributed by atoms with E-state index in [4.69, 9.17) is 5.11 Å². The minimum absolute atomic E-state index is 0.0801. The van der Waals surface area contributed by atoms with E-state index in [1.54, 1.807) is 7.05 Å². The van der Waals surface area contributed by atoms with Gasteiger partial charge in [0, 0.05) is 18.8 Å². The number of benzene rings is 1. The molecule has 1 aliphatic rings. The summed E-state index contributed by atoms with van der Waals surface area (Å²) in [6.45, 7) is 1.74. The molecule has 2 amide bonds. The molecular formula is C14H18N2O3. The quantitative estimate of drug-likeness (QED) is 0.904. The van der Waals surface area contributed by atoms with E-state index < -0.39 is 5.97 Å². The molecule has 102 valence electrons. The lowest BCUT2D eigenvalue weighted by molar-refractivity contribution is -0.137. The number of hydrogen-bond donors (Lipinski definition) is 1. The molecule has 0 saturated heterocycles. The number of urea groups is 1. The second kappa shape index (κ2) is 5.30. The second-order valence-corrected chi connectivity index (χ2v) is 4.93. The fourth-order valence-electron chi connectivity index (χ4n) is 1.96. The molecular weight excluding hydrogens is 244 g/mol. The lowest BCUT2D eigenvalue weighted by Crippen LogP contribution is -2.45. The number of carbonyl (C=O) groups is 2. The highest BCUT2D eigenvalue weighted by atomic mass is 16.4. The van der Waals surface area contributed by atoms with E-state index in [1.165, 1.54) is 9.80 Å². The largest absolute Gasteiger partial charge is 0.480 e. The zero-order valence-electron chi connectivity index (χ0n) is 11.2. The van der Waals surface area contributed by atoms with Gasteiger partial charge in [0.25, 0.3) is 0 Å². The van der Waals surface area contributed by atoms with Crippen molar-refractivity contribution in [2.45, 2.75) is 25.8 Å². The first-order valence-electron chi connectivity index (χ1n) is 6.32. The maximum absolute atomic E-state index is 12.3. The highest BCUT2D eigenvalue weighted by molar-refractivity contribution is 5.93. The lowest BCUT2D eigenvalue weighted by atomic mass is 10.2. The van der Waals surface area contributed by atoms with Crippen LogP contribution in [0, 0.1) is 6.92 Å². The molecule has 1 aromatic rings. The van der Waals surface area contributed by atoms with Gasteiger partial charge < -0.3 is 10.0 Å². The van der Waals surface area contributed by atoms with Gasteiger partial charge in [-0.2, -0.15) is 0 Å². The Morgan fingerprint density at radius 3 is 2.32 bits per heavy atom. The van der Waals surface area contributed by atoms with Crippen LogP contribution in [0.4, 0.5) is 10.5 Å². The highest BCUT2D eigenvalue weighted by Gasteiger charge is 2.35. The molecule has 0 atom stereocenters. The number of rotatable bonds is 4. The van der Waals surface area contributed by atoms with Crippen LogP contribution in [0.5, 0.6) is 0 Å². The van der Waals surface area contributed by atoms with Gasteiger partial charge in [0.15, 0.2) is 0 Å². The second-order valence-electron chi connectivity index (χ2n) is 4.93. The number of carboxylic acids is 1. The van der Waals surface area contributed by atoms with Gasteiger partial charge in [0.2, 0.25) is 0 Å². The topological polar surface area (TPSA) is 60.9 Å². The standard InChI is InChI=1S/C14H18N2O3/c1-10-3-5-11(6-4-10)15(2)14(19)16(9-13(17)18)12-7-8-12/h3-6,12H,7-9H2,1-2H3,(H,17,18). The number of aliphatic carboxylic acids is 1. The van der Waals surface area contributed by atoms with E-state index >= 15 is 0 Å². The third-order valence-corrected chi connectivity index (χ3v) is 3.25. The van der Waals surface area contributed by atoms with Crippen molar-refractivity contribution in [3.05, 3.63) is 29.8 Å². The van der Waals surface area contributed by atoms with E-state index in [1.807, 2.05) is 31.2 Å². The Morgan fingerprint density at radius 1 is 1.26 bits per heavy atom. The van der Waals surface area contributed by atoms with E-state index in [0.29, 0.717) is 0 Å². The third-order valence-electron chi connectivity index (χ3n) is 3.25. The molecule has 5 nitrogen and oxygen atoms in total. The van der Waals surface area contributed by atoms with Crippen LogP contribution in [0.3, 0.4) is 0 Å². The molecule has 1 N–H and O–H groups in total. The van der Waals surface area contributed by atoms with Crippen molar-refractivity contribution >= 4 is 17.7 Å². The molecule has 1 aliphatic carbocycles. The van der Waals surface area contributed by atoms with E-state index in [9.17, 15) is 9.59 Å². The van der Waals surface area contributed by atoms with Gasteiger partial charge in [-0.3, -0.25) is 9.69 Å². The Labute approximate surface area is 112 Å².